The van der Waals surface area contributed by atoms with Gasteiger partial charge in [-0.1, -0.05) is 49.6 Å². The molecule has 206 valence electrons. The number of benzene rings is 2. The van der Waals surface area contributed by atoms with Gasteiger partial charge in [0.05, 0.1) is 23.1 Å². The molecule has 40 heavy (non-hydrogen) atoms. The third kappa shape index (κ3) is 6.92. The van der Waals surface area contributed by atoms with E-state index in [1.54, 1.807) is 30.3 Å². The fourth-order valence-corrected chi connectivity index (χ4v) is 3.92. The van der Waals surface area contributed by atoms with Crippen LogP contribution in [0.2, 0.25) is 0 Å². The first kappa shape index (κ1) is 27.6. The molecule has 12 heteroatoms. The van der Waals surface area contributed by atoms with E-state index in [1.807, 2.05) is 18.2 Å². The van der Waals surface area contributed by atoms with Crippen LogP contribution in [0.4, 0.5) is 16.4 Å². The van der Waals surface area contributed by atoms with Crippen molar-refractivity contribution in [1.82, 2.24) is 15.3 Å². The topological polar surface area (TPSA) is 172 Å². The van der Waals surface area contributed by atoms with Gasteiger partial charge in [0.2, 0.25) is 11.9 Å². The molecule has 0 radical (unpaired) electrons. The zero-order valence-electron chi connectivity index (χ0n) is 21.3. The Labute approximate surface area is 228 Å². The lowest BCUT2D eigenvalue weighted by Gasteiger charge is -2.26. The Balaban J connectivity index is 1.34. The molecule has 4 rings (SSSR count). The number of fused-ring (bicyclic) bond motifs is 2. The summed E-state index contributed by atoms with van der Waals surface area (Å²) in [5.74, 6) is -1.70. The Hall–Kier alpha value is -5.39. The lowest BCUT2D eigenvalue weighted by atomic mass is 10.0. The van der Waals surface area contributed by atoms with Crippen molar-refractivity contribution in [2.24, 2.45) is 0 Å². The van der Waals surface area contributed by atoms with E-state index in [2.05, 4.69) is 39.1 Å². The second-order valence-corrected chi connectivity index (χ2v) is 8.78. The van der Waals surface area contributed by atoms with E-state index in [1.165, 1.54) is 12.2 Å². The molecule has 1 aliphatic rings. The van der Waals surface area contributed by atoms with Crippen LogP contribution < -0.4 is 20.7 Å². The number of hydrogen-bond donors (Lipinski definition) is 5. The molecule has 3 aromatic rings. The highest BCUT2D eigenvalue weighted by atomic mass is 16.5. The largest absolute Gasteiger partial charge is 0.480 e. The number of nitrogens with one attached hydrogen (secondary N) is 4. The van der Waals surface area contributed by atoms with Crippen molar-refractivity contribution < 1.29 is 33.8 Å². The van der Waals surface area contributed by atoms with Crippen molar-refractivity contribution in [3.63, 3.8) is 0 Å². The maximum atomic E-state index is 12.6. The highest BCUT2D eigenvalue weighted by Gasteiger charge is 2.31. The first-order chi connectivity index (χ1) is 19.2. The molecule has 1 unspecified atom stereocenters. The molecule has 0 aliphatic carbocycles. The first-order valence-corrected chi connectivity index (χ1v) is 12.2. The summed E-state index contributed by atoms with van der Waals surface area (Å²) in [5.41, 5.74) is 2.86. The summed E-state index contributed by atoms with van der Waals surface area (Å²) >= 11 is 0. The van der Waals surface area contributed by atoms with Crippen molar-refractivity contribution in [2.75, 3.05) is 17.2 Å². The molecular weight excluding hydrogens is 518 g/mol. The molecule has 2 atom stereocenters. The Morgan fingerprint density at radius 3 is 2.73 bits per heavy atom. The summed E-state index contributed by atoms with van der Waals surface area (Å²) in [6.45, 7) is 7.05. The summed E-state index contributed by atoms with van der Waals surface area (Å²) in [5, 5.41) is 17.2. The van der Waals surface area contributed by atoms with Crippen LogP contribution in [-0.2, 0) is 25.5 Å². The number of carboxylic acid groups (broad SMARTS) is 1. The average molecular weight is 546 g/mol. The number of ether oxygens (including phenoxy) is 2. The van der Waals surface area contributed by atoms with Crippen molar-refractivity contribution in [3.05, 3.63) is 85.0 Å². The number of imidazole rings is 1. The van der Waals surface area contributed by atoms with Crippen LogP contribution in [0.3, 0.4) is 0 Å². The number of carbonyl (C=O) groups is 4. The Bertz CT molecular complexity index is 1480. The van der Waals surface area contributed by atoms with Crippen molar-refractivity contribution in [1.29, 1.82) is 0 Å². The first-order valence-electron chi connectivity index (χ1n) is 12.2. The van der Waals surface area contributed by atoms with Crippen LogP contribution >= 0.6 is 0 Å². The van der Waals surface area contributed by atoms with Crippen LogP contribution in [-0.4, -0.2) is 57.7 Å². The number of H-pyrrole nitrogens is 1. The predicted octanol–water partition coefficient (Wildman–Crippen LogP) is 3.31. The van der Waals surface area contributed by atoms with E-state index in [4.69, 9.17) is 9.47 Å². The van der Waals surface area contributed by atoms with Gasteiger partial charge in [0, 0.05) is 6.42 Å². The zero-order chi connectivity index (χ0) is 28.6. The fraction of sp³-hybridized carbons (Fsp3) is 0.179. The van der Waals surface area contributed by atoms with E-state index in [-0.39, 0.29) is 25.4 Å². The average Bonchev–Trinajstić information content (AvgIpc) is 3.33. The van der Waals surface area contributed by atoms with Gasteiger partial charge in [-0.15, -0.1) is 0 Å². The van der Waals surface area contributed by atoms with Gasteiger partial charge in [-0.05, 0) is 35.4 Å². The van der Waals surface area contributed by atoms with Gasteiger partial charge < -0.3 is 30.2 Å². The number of aromatic amines is 1. The lowest BCUT2D eigenvalue weighted by Crippen LogP contribution is -2.43. The number of para-hydroxylation sites is 2. The zero-order valence-corrected chi connectivity index (χ0v) is 21.3. The number of carbonyl (C=O) groups excluding carboxylic acids is 3. The van der Waals surface area contributed by atoms with Gasteiger partial charge in [0.1, 0.15) is 18.4 Å². The summed E-state index contributed by atoms with van der Waals surface area (Å²) < 4.78 is 10.8. The third-order valence-corrected chi connectivity index (χ3v) is 5.88. The van der Waals surface area contributed by atoms with Gasteiger partial charge in [0.15, 0.2) is 6.10 Å². The van der Waals surface area contributed by atoms with Crippen LogP contribution in [0.1, 0.15) is 12.0 Å². The predicted molar refractivity (Wildman–Crippen MR) is 147 cm³/mol. The van der Waals surface area contributed by atoms with E-state index < -0.39 is 36.0 Å². The molecule has 0 saturated heterocycles. The summed E-state index contributed by atoms with van der Waals surface area (Å²) in [7, 11) is 0. The Morgan fingerprint density at radius 2 is 2.00 bits per heavy atom. The number of allylic oxidation sites excluding steroid dienone is 2. The van der Waals surface area contributed by atoms with E-state index in [9.17, 15) is 24.3 Å². The number of carboxylic acids is 1. The number of alkyl carbamates (subject to hydrolysis) is 1. The highest BCUT2D eigenvalue weighted by Crippen LogP contribution is 2.32. The second-order valence-electron chi connectivity index (χ2n) is 8.78. The van der Waals surface area contributed by atoms with Gasteiger partial charge >= 0.3 is 12.1 Å². The number of nitrogens with zero attached hydrogens (tertiary/aromatic N) is 1. The quantitative estimate of drug-likeness (QED) is 0.228. The van der Waals surface area contributed by atoms with Gasteiger partial charge in [-0.3, -0.25) is 14.9 Å². The van der Waals surface area contributed by atoms with Gasteiger partial charge in [-0.2, -0.15) is 0 Å². The number of anilines is 2. The van der Waals surface area contributed by atoms with Crippen LogP contribution in [0.25, 0.3) is 11.0 Å². The Morgan fingerprint density at radius 1 is 1.20 bits per heavy atom. The van der Waals surface area contributed by atoms with E-state index in [0.717, 1.165) is 5.52 Å². The maximum absolute atomic E-state index is 12.6. The number of hydrogen-bond acceptors (Lipinski definition) is 7. The molecule has 1 aromatic heterocycles. The summed E-state index contributed by atoms with van der Waals surface area (Å²) in [6, 6.07) is 10.7. The lowest BCUT2D eigenvalue weighted by molar-refractivity contribution is -0.139. The van der Waals surface area contributed by atoms with Crippen LogP contribution in [0.5, 0.6) is 5.75 Å². The minimum Gasteiger partial charge on any atom is -0.480 e. The molecular formula is C28H27N5O7. The molecule has 3 amide bonds. The maximum Gasteiger partial charge on any atom is 0.408 e. The normalized spacial score (nSPS) is 15.2. The molecule has 1 aliphatic heterocycles. The molecule has 5 N–H and O–H groups in total. The molecule has 2 aromatic carbocycles. The molecule has 0 fully saturated rings. The third-order valence-electron chi connectivity index (χ3n) is 5.88. The van der Waals surface area contributed by atoms with Crippen molar-refractivity contribution in [2.45, 2.75) is 25.0 Å². The van der Waals surface area contributed by atoms with E-state index in [0.29, 0.717) is 28.1 Å². The summed E-state index contributed by atoms with van der Waals surface area (Å²) in [4.78, 5) is 56.3. The standard InChI is InChI=1S/C28H27N5O7/c1-3-7-16(4-2)15-39-28(38)32-21(26(36)37)13-17-10-11-22-20(12-17)29-25(35)23(40-22)14-24(34)33-27-30-18-8-5-6-9-19(18)31-27/h3-12,21,23H,1-2,13-15H2,(H,29,35)(H,32,38)(H,36,37)(H2,30,31,33,34)/b16-7+/t21-,23?/m0/s1. The van der Waals surface area contributed by atoms with Crippen LogP contribution in [0, 0.1) is 0 Å². The van der Waals surface area contributed by atoms with Crippen LogP contribution in [0.15, 0.2) is 79.4 Å². The molecule has 2 heterocycles. The van der Waals surface area contributed by atoms with Gasteiger partial charge in [0.25, 0.3) is 5.91 Å². The minimum absolute atomic E-state index is 0.0896. The van der Waals surface area contributed by atoms with E-state index >= 15 is 0 Å². The molecule has 12 nitrogen and oxygen atoms in total. The number of rotatable bonds is 11. The smallest absolute Gasteiger partial charge is 0.408 e. The number of aliphatic carboxylic acids is 1. The minimum atomic E-state index is -1.30. The number of amides is 3. The SMILES string of the molecule is C=C/C=C(\C=C)COC(=O)N[C@@H](Cc1ccc2c(c1)NC(=O)C(CC(=O)Nc1nc3ccccc3[nH]1)O2)C(=O)O. The monoisotopic (exact) mass is 545 g/mol. The summed E-state index contributed by atoms with van der Waals surface area (Å²) in [6.07, 6.45) is 2.27. The molecule has 0 spiro atoms. The van der Waals surface area contributed by atoms with Crippen molar-refractivity contribution in [3.8, 4) is 5.75 Å². The van der Waals surface area contributed by atoms with Crippen molar-refractivity contribution >= 4 is 46.5 Å². The molecule has 0 bridgehead atoms. The highest BCUT2D eigenvalue weighted by molar-refractivity contribution is 6.02. The second kappa shape index (κ2) is 12.4. The van der Waals surface area contributed by atoms with Gasteiger partial charge in [-0.25, -0.2) is 14.6 Å². The number of aromatic nitrogens is 2. The molecule has 0 saturated carbocycles. The Kier molecular flexibility index (Phi) is 8.59. The fourth-order valence-electron chi connectivity index (χ4n) is 3.92.